The van der Waals surface area contributed by atoms with Crippen LogP contribution in [0.3, 0.4) is 0 Å². The maximum absolute atomic E-state index is 13.6. The van der Waals surface area contributed by atoms with E-state index in [4.69, 9.17) is 16.0 Å². The molecule has 0 radical (unpaired) electrons. The Kier molecular flexibility index (Phi) is 10.9. The van der Waals surface area contributed by atoms with Gasteiger partial charge in [0, 0.05) is 30.2 Å². The lowest BCUT2D eigenvalue weighted by Gasteiger charge is -2.27. The summed E-state index contributed by atoms with van der Waals surface area (Å²) in [7, 11) is 0. The molecular formula is C36H40ClN5O2. The van der Waals surface area contributed by atoms with E-state index in [0.717, 1.165) is 42.8 Å². The van der Waals surface area contributed by atoms with Crippen molar-refractivity contribution in [3.8, 4) is 17.4 Å². The third-order valence-corrected chi connectivity index (χ3v) is 8.54. The van der Waals surface area contributed by atoms with Gasteiger partial charge in [-0.05, 0) is 99.8 Å². The summed E-state index contributed by atoms with van der Waals surface area (Å²) >= 11 is 6.56. The highest BCUT2D eigenvalue weighted by atomic mass is 35.5. The van der Waals surface area contributed by atoms with Crippen molar-refractivity contribution in [1.82, 2.24) is 21.3 Å². The van der Waals surface area contributed by atoms with Crippen molar-refractivity contribution < 1.29 is 9.21 Å². The molecule has 5 rings (SSSR count). The van der Waals surface area contributed by atoms with Gasteiger partial charge in [0.25, 0.3) is 5.91 Å². The zero-order chi connectivity index (χ0) is 30.9. The molecule has 44 heavy (non-hydrogen) atoms. The molecule has 1 amide bonds. The average Bonchev–Trinajstić information content (AvgIpc) is 3.53. The first-order valence-electron chi connectivity index (χ1n) is 15.3. The highest BCUT2D eigenvalue weighted by Gasteiger charge is 2.20. The fraction of sp³-hybridized carbons (Fsp3) is 0.333. The van der Waals surface area contributed by atoms with Gasteiger partial charge in [0.1, 0.15) is 11.5 Å². The first-order chi connectivity index (χ1) is 21.4. The molecule has 1 aliphatic heterocycles. The molecule has 0 bridgehead atoms. The molecule has 1 aliphatic rings. The Bertz CT molecular complexity index is 1570. The Labute approximate surface area is 265 Å². The van der Waals surface area contributed by atoms with E-state index in [9.17, 15) is 10.1 Å². The Hall–Kier alpha value is -3.93. The maximum Gasteiger partial charge on any atom is 0.253 e. The summed E-state index contributed by atoms with van der Waals surface area (Å²) in [6.07, 6.45) is 2.73. The van der Waals surface area contributed by atoms with E-state index >= 15 is 0 Å². The summed E-state index contributed by atoms with van der Waals surface area (Å²) in [6, 6.07) is 27.9. The van der Waals surface area contributed by atoms with Crippen molar-refractivity contribution in [2.45, 2.75) is 57.8 Å². The molecule has 7 nitrogen and oxygen atoms in total. The minimum atomic E-state index is -0.233. The Balaban J connectivity index is 1.26. The lowest BCUT2D eigenvalue weighted by Crippen LogP contribution is -2.48. The largest absolute Gasteiger partial charge is 0.460 e. The molecule has 1 fully saturated rings. The summed E-state index contributed by atoms with van der Waals surface area (Å²) in [4.78, 5) is 13.6. The summed E-state index contributed by atoms with van der Waals surface area (Å²) in [6.45, 7) is 7.41. The van der Waals surface area contributed by atoms with E-state index in [1.807, 2.05) is 42.5 Å². The molecule has 1 saturated heterocycles. The van der Waals surface area contributed by atoms with Gasteiger partial charge in [0.15, 0.2) is 0 Å². The van der Waals surface area contributed by atoms with Crippen LogP contribution in [0.1, 0.15) is 64.2 Å². The molecule has 0 aliphatic carbocycles. The monoisotopic (exact) mass is 609 g/mol. The second-order valence-corrected chi connectivity index (χ2v) is 12.0. The summed E-state index contributed by atoms with van der Waals surface area (Å²) < 4.78 is 6.16. The second kappa shape index (κ2) is 15.2. The second-order valence-electron chi connectivity index (χ2n) is 11.6. The lowest BCUT2D eigenvalue weighted by atomic mass is 10.0. The highest BCUT2D eigenvalue weighted by molar-refractivity contribution is 6.34. The zero-order valence-corrected chi connectivity index (χ0v) is 26.1. The normalized spacial score (nSPS) is 15.0. The first kappa shape index (κ1) is 31.5. The molecule has 4 N–H and O–H groups in total. The van der Waals surface area contributed by atoms with Crippen LogP contribution in [0.5, 0.6) is 0 Å². The molecule has 4 aromatic rings. The predicted octanol–water partition coefficient (Wildman–Crippen LogP) is 6.31. The van der Waals surface area contributed by atoms with Crippen molar-refractivity contribution >= 4 is 17.5 Å². The number of benzene rings is 3. The van der Waals surface area contributed by atoms with E-state index in [-0.39, 0.29) is 18.0 Å². The van der Waals surface area contributed by atoms with Crippen molar-refractivity contribution in [2.75, 3.05) is 19.6 Å². The number of piperidine rings is 1. The number of aryl methyl sites for hydroxylation is 1. The third-order valence-electron chi connectivity index (χ3n) is 8.21. The molecule has 2 heterocycles. The number of halogens is 1. The highest BCUT2D eigenvalue weighted by Crippen LogP contribution is 2.27. The van der Waals surface area contributed by atoms with Crippen LogP contribution < -0.4 is 21.3 Å². The van der Waals surface area contributed by atoms with Crippen LogP contribution in [-0.2, 0) is 13.0 Å². The van der Waals surface area contributed by atoms with Crippen LogP contribution in [0.15, 0.2) is 83.3 Å². The molecule has 3 aromatic carbocycles. The summed E-state index contributed by atoms with van der Waals surface area (Å²) in [5.41, 5.74) is 5.31. The van der Waals surface area contributed by atoms with Crippen LogP contribution in [0, 0.1) is 18.3 Å². The topological polar surface area (TPSA) is 102 Å². The standard InChI is InChI=1S/C36H40ClN5O2/c1-24-3-9-28(10-4-24)25(2)40-23-32-12-14-35(44-32)29-11-13-34(37)33(20-29)36(43)42-31(22-41-30-15-17-39-18-16-30)19-26-5-7-27(21-38)8-6-26/h3-14,20,25,30-31,39-41H,15-19,22-23H2,1-2H3,(H,42,43)/t25-,31-/m1/s1. The number of amides is 1. The zero-order valence-electron chi connectivity index (χ0n) is 25.3. The van der Waals surface area contributed by atoms with Gasteiger partial charge in [-0.15, -0.1) is 0 Å². The lowest BCUT2D eigenvalue weighted by molar-refractivity contribution is 0.0935. The van der Waals surface area contributed by atoms with E-state index in [1.54, 1.807) is 12.1 Å². The van der Waals surface area contributed by atoms with E-state index < -0.39 is 0 Å². The van der Waals surface area contributed by atoms with Crippen LogP contribution in [0.4, 0.5) is 0 Å². The number of nitrogens with one attached hydrogen (secondary N) is 4. The fourth-order valence-electron chi connectivity index (χ4n) is 5.48. The van der Waals surface area contributed by atoms with E-state index in [0.29, 0.717) is 47.5 Å². The van der Waals surface area contributed by atoms with Gasteiger partial charge in [-0.2, -0.15) is 5.26 Å². The van der Waals surface area contributed by atoms with Crippen molar-refractivity contribution in [1.29, 1.82) is 5.26 Å². The molecular weight excluding hydrogens is 570 g/mol. The molecule has 0 saturated carbocycles. The van der Waals surface area contributed by atoms with Crippen molar-refractivity contribution in [2.24, 2.45) is 0 Å². The van der Waals surface area contributed by atoms with Crippen LogP contribution in [0.2, 0.25) is 5.02 Å². The molecule has 8 heteroatoms. The van der Waals surface area contributed by atoms with E-state index in [1.165, 1.54) is 11.1 Å². The number of rotatable bonds is 12. The van der Waals surface area contributed by atoms with Gasteiger partial charge in [0.2, 0.25) is 0 Å². The van der Waals surface area contributed by atoms with Crippen LogP contribution in [-0.4, -0.2) is 37.6 Å². The fourth-order valence-corrected chi connectivity index (χ4v) is 5.68. The third kappa shape index (κ3) is 8.58. The minimum Gasteiger partial charge on any atom is -0.460 e. The SMILES string of the molecule is Cc1ccc([C@@H](C)NCc2ccc(-c3ccc(Cl)c(C(=O)N[C@@H](CNC4CCNCC4)Cc4ccc(C#N)cc4)c3)o2)cc1. The van der Waals surface area contributed by atoms with Crippen LogP contribution in [0.25, 0.3) is 11.3 Å². The summed E-state index contributed by atoms with van der Waals surface area (Å²) in [5, 5.41) is 23.3. The van der Waals surface area contributed by atoms with Gasteiger partial charge in [-0.25, -0.2) is 0 Å². The van der Waals surface area contributed by atoms with Crippen LogP contribution >= 0.6 is 11.6 Å². The summed E-state index contributed by atoms with van der Waals surface area (Å²) in [5.74, 6) is 1.26. The molecule has 2 atom stereocenters. The minimum absolute atomic E-state index is 0.165. The number of carbonyl (C=O) groups is 1. The van der Waals surface area contributed by atoms with Gasteiger partial charge in [0.05, 0.1) is 28.8 Å². The Morgan fingerprint density at radius 1 is 1.05 bits per heavy atom. The quantitative estimate of drug-likeness (QED) is 0.150. The van der Waals surface area contributed by atoms with Crippen molar-refractivity contribution in [3.63, 3.8) is 0 Å². The predicted molar refractivity (Wildman–Crippen MR) is 176 cm³/mol. The maximum atomic E-state index is 13.6. The number of furan rings is 1. The Morgan fingerprint density at radius 3 is 2.52 bits per heavy atom. The molecule has 0 spiro atoms. The number of nitrogens with zero attached hydrogens (tertiary/aromatic N) is 1. The van der Waals surface area contributed by atoms with Gasteiger partial charge >= 0.3 is 0 Å². The number of nitriles is 1. The average molecular weight is 610 g/mol. The number of hydrogen-bond acceptors (Lipinski definition) is 6. The van der Waals surface area contributed by atoms with Gasteiger partial charge in [-0.3, -0.25) is 4.79 Å². The van der Waals surface area contributed by atoms with Gasteiger partial charge < -0.3 is 25.7 Å². The Morgan fingerprint density at radius 2 is 1.80 bits per heavy atom. The number of carbonyl (C=O) groups excluding carboxylic acids is 1. The van der Waals surface area contributed by atoms with Crippen molar-refractivity contribution in [3.05, 3.63) is 117 Å². The van der Waals surface area contributed by atoms with Gasteiger partial charge in [-0.1, -0.05) is 53.6 Å². The molecule has 228 valence electrons. The first-order valence-corrected chi connectivity index (χ1v) is 15.7. The number of hydrogen-bond donors (Lipinski definition) is 4. The molecule has 0 unspecified atom stereocenters. The van der Waals surface area contributed by atoms with E-state index in [2.05, 4.69) is 65.4 Å². The smallest absolute Gasteiger partial charge is 0.253 e. The molecule has 1 aromatic heterocycles.